The lowest BCUT2D eigenvalue weighted by molar-refractivity contribution is -0.127. The summed E-state index contributed by atoms with van der Waals surface area (Å²) in [6.45, 7) is 5.39. The predicted molar refractivity (Wildman–Crippen MR) is 82.9 cm³/mol. The molecular weight excluding hydrogens is 269 g/mol. The second-order valence-corrected chi connectivity index (χ2v) is 5.55. The fraction of sp³-hybridized carbons (Fsp3) is 0.562. The first kappa shape index (κ1) is 15.8. The Bertz CT molecular complexity index is 492. The summed E-state index contributed by atoms with van der Waals surface area (Å²) in [4.78, 5) is 15.4. The quantitative estimate of drug-likeness (QED) is 0.843. The average Bonchev–Trinajstić information content (AvgIpc) is 2.62. The van der Waals surface area contributed by atoms with Gasteiger partial charge >= 0.3 is 0 Å². The van der Waals surface area contributed by atoms with Crippen LogP contribution < -0.4 is 10.2 Å². The van der Waals surface area contributed by atoms with Crippen molar-refractivity contribution in [2.45, 2.75) is 26.3 Å². The Morgan fingerprint density at radius 2 is 2.14 bits per heavy atom. The summed E-state index contributed by atoms with van der Waals surface area (Å²) in [5.74, 6) is -0.205. The molecule has 1 aromatic rings. The maximum atomic E-state index is 14.3. The molecule has 0 aromatic heterocycles. The molecule has 0 aliphatic carbocycles. The highest BCUT2D eigenvalue weighted by Gasteiger charge is 2.21. The van der Waals surface area contributed by atoms with Crippen LogP contribution >= 0.6 is 0 Å². The number of anilines is 1. The number of carbonyl (C=O) groups excluding carboxylic acids is 1. The van der Waals surface area contributed by atoms with Gasteiger partial charge in [0.25, 0.3) is 0 Å². The number of likely N-dealkylation sites (N-methyl/N-ethyl adjacent to an activating group) is 1. The van der Waals surface area contributed by atoms with E-state index >= 15 is 0 Å². The normalized spacial score (nSPS) is 16.2. The molecule has 0 saturated carbocycles. The summed E-state index contributed by atoms with van der Waals surface area (Å²) in [7, 11) is 1.80. The molecule has 21 heavy (non-hydrogen) atoms. The summed E-state index contributed by atoms with van der Waals surface area (Å²) in [6.07, 6.45) is 1.92. The van der Waals surface area contributed by atoms with Crippen molar-refractivity contribution < 1.29 is 9.18 Å². The third-order valence-corrected chi connectivity index (χ3v) is 3.78. The molecule has 0 atom stereocenters. The van der Waals surface area contributed by atoms with E-state index in [0.29, 0.717) is 18.8 Å². The number of hydrogen-bond acceptors (Lipinski definition) is 3. The summed E-state index contributed by atoms with van der Waals surface area (Å²) >= 11 is 0. The number of carbonyl (C=O) groups is 1. The molecule has 4 nitrogen and oxygen atoms in total. The molecule has 0 radical (unpaired) electrons. The number of nitrogens with one attached hydrogen (secondary N) is 1. The lowest BCUT2D eigenvalue weighted by Crippen LogP contribution is -2.34. The van der Waals surface area contributed by atoms with Gasteiger partial charge in [-0.2, -0.15) is 0 Å². The van der Waals surface area contributed by atoms with Crippen LogP contribution in [0.25, 0.3) is 0 Å². The minimum atomic E-state index is -0.247. The Labute approximate surface area is 125 Å². The van der Waals surface area contributed by atoms with Crippen LogP contribution in [0.4, 0.5) is 10.1 Å². The van der Waals surface area contributed by atoms with Crippen molar-refractivity contribution in [1.82, 2.24) is 10.2 Å². The first-order valence-corrected chi connectivity index (χ1v) is 7.60. The van der Waals surface area contributed by atoms with E-state index in [9.17, 15) is 9.18 Å². The smallest absolute Gasteiger partial charge is 0.241 e. The van der Waals surface area contributed by atoms with Gasteiger partial charge in [0.1, 0.15) is 5.82 Å². The van der Waals surface area contributed by atoms with Crippen molar-refractivity contribution in [3.05, 3.63) is 29.6 Å². The van der Waals surface area contributed by atoms with Crippen LogP contribution in [0.5, 0.6) is 0 Å². The van der Waals surface area contributed by atoms with Crippen molar-refractivity contribution in [3.8, 4) is 0 Å². The second kappa shape index (κ2) is 7.41. The minimum Gasteiger partial charge on any atom is -0.360 e. The summed E-state index contributed by atoms with van der Waals surface area (Å²) in [5.41, 5.74) is 1.46. The zero-order valence-electron chi connectivity index (χ0n) is 12.9. The number of hydrogen-bond donors (Lipinski definition) is 1. The highest BCUT2D eigenvalue weighted by Crippen LogP contribution is 2.22. The zero-order chi connectivity index (χ0) is 15.2. The van der Waals surface area contributed by atoms with Gasteiger partial charge in [-0.25, -0.2) is 4.39 Å². The standard InChI is InChI=1S/C16H24FN3O/c1-3-7-18-11-13-5-6-15(14(17)10-13)20-9-4-8-19(2)16(21)12-20/h5-6,10,18H,3-4,7-9,11-12H2,1-2H3. The van der Waals surface area contributed by atoms with E-state index in [0.717, 1.165) is 31.5 Å². The lowest BCUT2D eigenvalue weighted by atomic mass is 10.1. The zero-order valence-corrected chi connectivity index (χ0v) is 12.9. The molecule has 5 heteroatoms. The van der Waals surface area contributed by atoms with E-state index in [1.165, 1.54) is 0 Å². The Balaban J connectivity index is 2.07. The van der Waals surface area contributed by atoms with Crippen LogP contribution in [-0.4, -0.2) is 44.0 Å². The molecule has 116 valence electrons. The average molecular weight is 293 g/mol. The van der Waals surface area contributed by atoms with Gasteiger partial charge in [-0.3, -0.25) is 4.79 Å². The largest absolute Gasteiger partial charge is 0.360 e. The van der Waals surface area contributed by atoms with E-state index in [1.54, 1.807) is 24.1 Å². The first-order chi connectivity index (χ1) is 10.1. The maximum Gasteiger partial charge on any atom is 0.241 e. The van der Waals surface area contributed by atoms with Crippen LogP contribution in [0.3, 0.4) is 0 Å². The van der Waals surface area contributed by atoms with E-state index in [-0.39, 0.29) is 18.3 Å². The topological polar surface area (TPSA) is 35.6 Å². The van der Waals surface area contributed by atoms with Crippen molar-refractivity contribution in [3.63, 3.8) is 0 Å². The number of nitrogens with zero attached hydrogens (tertiary/aromatic N) is 2. The molecule has 1 aromatic carbocycles. The lowest BCUT2D eigenvalue weighted by Gasteiger charge is -2.22. The SMILES string of the molecule is CCCNCc1ccc(N2CCCN(C)C(=O)C2)c(F)c1. The van der Waals surface area contributed by atoms with Crippen molar-refractivity contribution >= 4 is 11.6 Å². The molecule has 1 saturated heterocycles. The van der Waals surface area contributed by atoms with E-state index in [4.69, 9.17) is 0 Å². The molecule has 1 aliphatic rings. The van der Waals surface area contributed by atoms with Gasteiger partial charge in [0.2, 0.25) is 5.91 Å². The molecule has 1 heterocycles. The number of rotatable bonds is 5. The minimum absolute atomic E-state index is 0.0422. The monoisotopic (exact) mass is 293 g/mol. The van der Waals surface area contributed by atoms with Crippen LogP contribution in [0.1, 0.15) is 25.3 Å². The summed E-state index contributed by atoms with van der Waals surface area (Å²) in [5, 5.41) is 3.26. The molecule has 1 aliphatic heterocycles. The van der Waals surface area contributed by atoms with Gasteiger partial charge in [0.05, 0.1) is 12.2 Å². The first-order valence-electron chi connectivity index (χ1n) is 7.60. The molecule has 2 rings (SSSR count). The van der Waals surface area contributed by atoms with Crippen molar-refractivity contribution in [1.29, 1.82) is 0 Å². The van der Waals surface area contributed by atoms with E-state index in [1.807, 2.05) is 11.0 Å². The fourth-order valence-corrected chi connectivity index (χ4v) is 2.52. The fourth-order valence-electron chi connectivity index (χ4n) is 2.52. The number of halogens is 1. The highest BCUT2D eigenvalue weighted by atomic mass is 19.1. The molecule has 0 spiro atoms. The van der Waals surface area contributed by atoms with Gasteiger partial charge in [-0.15, -0.1) is 0 Å². The van der Waals surface area contributed by atoms with Crippen LogP contribution in [-0.2, 0) is 11.3 Å². The third-order valence-electron chi connectivity index (χ3n) is 3.78. The van der Waals surface area contributed by atoms with Crippen LogP contribution in [0.2, 0.25) is 0 Å². The van der Waals surface area contributed by atoms with Gasteiger partial charge in [0.15, 0.2) is 0 Å². The summed E-state index contributed by atoms with van der Waals surface area (Å²) < 4.78 is 14.3. The molecule has 0 bridgehead atoms. The summed E-state index contributed by atoms with van der Waals surface area (Å²) in [6, 6.07) is 5.29. The van der Waals surface area contributed by atoms with Crippen molar-refractivity contribution in [2.75, 3.05) is 38.1 Å². The van der Waals surface area contributed by atoms with E-state index < -0.39 is 0 Å². The third kappa shape index (κ3) is 4.17. The highest BCUT2D eigenvalue weighted by molar-refractivity contribution is 5.81. The Morgan fingerprint density at radius 1 is 1.33 bits per heavy atom. The van der Waals surface area contributed by atoms with Crippen molar-refractivity contribution in [2.24, 2.45) is 0 Å². The molecule has 1 fully saturated rings. The van der Waals surface area contributed by atoms with Gasteiger partial charge in [-0.05, 0) is 37.1 Å². The number of amides is 1. The van der Waals surface area contributed by atoms with Crippen LogP contribution in [0.15, 0.2) is 18.2 Å². The Morgan fingerprint density at radius 3 is 2.86 bits per heavy atom. The van der Waals surface area contributed by atoms with Crippen LogP contribution in [0, 0.1) is 5.82 Å². The molecule has 1 N–H and O–H groups in total. The molecule has 1 amide bonds. The van der Waals surface area contributed by atoms with Gasteiger partial charge in [0, 0.05) is 26.7 Å². The molecular formula is C16H24FN3O. The molecule has 0 unspecified atom stereocenters. The Kier molecular flexibility index (Phi) is 5.56. The Hall–Kier alpha value is -1.62. The maximum absolute atomic E-state index is 14.3. The van der Waals surface area contributed by atoms with Gasteiger partial charge in [-0.1, -0.05) is 13.0 Å². The van der Waals surface area contributed by atoms with E-state index in [2.05, 4.69) is 12.2 Å². The number of benzene rings is 1. The predicted octanol–water partition coefficient (Wildman–Crippen LogP) is 1.99. The second-order valence-electron chi connectivity index (χ2n) is 5.55. The van der Waals surface area contributed by atoms with Gasteiger partial charge < -0.3 is 15.1 Å².